The summed E-state index contributed by atoms with van der Waals surface area (Å²) in [4.78, 5) is 0. The van der Waals surface area contributed by atoms with E-state index in [0.29, 0.717) is 12.2 Å². The Morgan fingerprint density at radius 2 is 2.42 bits per heavy atom. The van der Waals surface area contributed by atoms with Crippen molar-refractivity contribution < 1.29 is 8.42 Å². The van der Waals surface area contributed by atoms with Gasteiger partial charge in [0, 0.05) is 5.56 Å². The monoisotopic (exact) mass is 190 g/mol. The molecule has 7 heteroatoms. The zero-order valence-corrected chi connectivity index (χ0v) is 7.35. The van der Waals surface area contributed by atoms with Crippen molar-refractivity contribution in [3.8, 4) is 0 Å². The summed E-state index contributed by atoms with van der Waals surface area (Å²) in [5, 5.41) is 10.9. The minimum atomic E-state index is -3.70. The second-order valence-corrected chi connectivity index (χ2v) is 3.57. The van der Waals surface area contributed by atoms with Crippen LogP contribution < -0.4 is 9.86 Å². The molecule has 6 nitrogen and oxygen atoms in total. The third kappa shape index (κ3) is 2.21. The number of nitrogens with one attached hydrogen (secondary N) is 2. The van der Waals surface area contributed by atoms with Gasteiger partial charge in [0.2, 0.25) is 0 Å². The fraction of sp³-hybridized carbons (Fsp3) is 0.400. The number of anilines is 1. The van der Waals surface area contributed by atoms with Crippen LogP contribution >= 0.6 is 0 Å². The van der Waals surface area contributed by atoms with Gasteiger partial charge in [-0.05, 0) is 6.42 Å². The van der Waals surface area contributed by atoms with Crippen molar-refractivity contribution >= 4 is 16.0 Å². The highest BCUT2D eigenvalue weighted by Crippen LogP contribution is 2.11. The molecule has 0 amide bonds. The molecule has 0 atom stereocenters. The van der Waals surface area contributed by atoms with Gasteiger partial charge in [-0.2, -0.15) is 13.5 Å². The molecule has 1 aromatic heterocycles. The van der Waals surface area contributed by atoms with E-state index in [2.05, 4.69) is 14.9 Å². The number of nitrogens with two attached hydrogens (primary N) is 1. The fourth-order valence-corrected chi connectivity index (χ4v) is 1.27. The third-order valence-electron chi connectivity index (χ3n) is 1.34. The summed E-state index contributed by atoms with van der Waals surface area (Å²) in [7, 11) is -3.70. The molecular weight excluding hydrogens is 180 g/mol. The molecule has 0 unspecified atom stereocenters. The van der Waals surface area contributed by atoms with Crippen molar-refractivity contribution in [3.63, 3.8) is 0 Å². The van der Waals surface area contributed by atoms with Crippen LogP contribution in [0.2, 0.25) is 0 Å². The van der Waals surface area contributed by atoms with Gasteiger partial charge in [-0.15, -0.1) is 0 Å². The van der Waals surface area contributed by atoms with E-state index in [9.17, 15) is 8.42 Å². The van der Waals surface area contributed by atoms with E-state index in [1.165, 1.54) is 0 Å². The summed E-state index contributed by atoms with van der Waals surface area (Å²) < 4.78 is 23.3. The highest BCUT2D eigenvalue weighted by atomic mass is 32.2. The zero-order valence-electron chi connectivity index (χ0n) is 6.53. The van der Waals surface area contributed by atoms with E-state index in [-0.39, 0.29) is 0 Å². The lowest BCUT2D eigenvalue weighted by atomic mass is 10.3. The molecule has 0 aliphatic heterocycles. The molecule has 0 aliphatic carbocycles. The Kier molecular flexibility index (Phi) is 2.34. The summed E-state index contributed by atoms with van der Waals surface area (Å²) in [5.41, 5.74) is 0.782. The first-order valence-electron chi connectivity index (χ1n) is 3.35. The van der Waals surface area contributed by atoms with Gasteiger partial charge in [-0.3, -0.25) is 9.82 Å². The smallest absolute Gasteiger partial charge is 0.262 e. The lowest BCUT2D eigenvalue weighted by Crippen LogP contribution is -2.22. The summed E-state index contributed by atoms with van der Waals surface area (Å²) in [6.45, 7) is 1.89. The number of aryl methyl sites for hydroxylation is 1. The van der Waals surface area contributed by atoms with Gasteiger partial charge >= 0.3 is 0 Å². The highest BCUT2D eigenvalue weighted by molar-refractivity contribution is 7.90. The Balaban J connectivity index is 2.89. The van der Waals surface area contributed by atoms with Crippen molar-refractivity contribution in [3.05, 3.63) is 11.8 Å². The summed E-state index contributed by atoms with van der Waals surface area (Å²) in [6.07, 6.45) is 2.24. The van der Waals surface area contributed by atoms with Crippen molar-refractivity contribution in [2.24, 2.45) is 5.14 Å². The Labute approximate surface area is 70.3 Å². The highest BCUT2D eigenvalue weighted by Gasteiger charge is 2.07. The van der Waals surface area contributed by atoms with E-state index in [4.69, 9.17) is 5.14 Å². The van der Waals surface area contributed by atoms with E-state index >= 15 is 0 Å². The number of rotatable bonds is 3. The minimum Gasteiger partial charge on any atom is -0.262 e. The lowest BCUT2D eigenvalue weighted by Gasteiger charge is -2.01. The van der Waals surface area contributed by atoms with Crippen LogP contribution in [0.15, 0.2) is 6.20 Å². The predicted octanol–water partition coefficient (Wildman–Crippen LogP) is -0.413. The average molecular weight is 190 g/mol. The molecule has 1 aromatic rings. The van der Waals surface area contributed by atoms with Crippen LogP contribution in [0.3, 0.4) is 0 Å². The third-order valence-corrected chi connectivity index (χ3v) is 1.83. The van der Waals surface area contributed by atoms with E-state index in [1.807, 2.05) is 6.92 Å². The van der Waals surface area contributed by atoms with E-state index < -0.39 is 10.2 Å². The maximum Gasteiger partial charge on any atom is 0.297 e. The minimum absolute atomic E-state index is 0.333. The Hall–Kier alpha value is -1.08. The summed E-state index contributed by atoms with van der Waals surface area (Å²) in [5.74, 6) is 0.333. The maximum atomic E-state index is 10.6. The number of hydrogen-bond acceptors (Lipinski definition) is 3. The molecule has 0 spiro atoms. The first kappa shape index (κ1) is 9.01. The van der Waals surface area contributed by atoms with Gasteiger partial charge in [0.15, 0.2) is 0 Å². The summed E-state index contributed by atoms with van der Waals surface area (Å²) >= 11 is 0. The quantitative estimate of drug-likeness (QED) is 0.603. The van der Waals surface area contributed by atoms with Gasteiger partial charge in [-0.1, -0.05) is 6.92 Å². The topological polar surface area (TPSA) is 101 Å². The Morgan fingerprint density at radius 3 is 2.92 bits per heavy atom. The molecule has 0 aliphatic rings. The first-order valence-corrected chi connectivity index (χ1v) is 4.90. The molecule has 0 aromatic carbocycles. The standard InChI is InChI=1S/C5H10N4O2S/c1-2-4-3-7-8-5(4)9-12(6,10)11/h3H,2H2,1H3,(H2,6,10,11)(H2,7,8,9). The normalized spacial score (nSPS) is 11.5. The number of H-pyrrole nitrogens is 1. The van der Waals surface area contributed by atoms with E-state index in [0.717, 1.165) is 5.56 Å². The molecule has 0 bridgehead atoms. The van der Waals surface area contributed by atoms with Gasteiger partial charge in [0.1, 0.15) is 5.82 Å². The molecule has 1 rings (SSSR count). The van der Waals surface area contributed by atoms with Crippen molar-refractivity contribution in [1.29, 1.82) is 0 Å². The second-order valence-electron chi connectivity index (χ2n) is 2.27. The number of hydrogen-bond donors (Lipinski definition) is 3. The zero-order chi connectivity index (χ0) is 9.19. The molecule has 68 valence electrons. The van der Waals surface area contributed by atoms with Crippen LogP contribution in [-0.4, -0.2) is 18.6 Å². The van der Waals surface area contributed by atoms with Crippen LogP contribution in [0.5, 0.6) is 0 Å². The number of nitrogens with zero attached hydrogens (tertiary/aromatic N) is 1. The Bertz CT molecular complexity index is 355. The molecular formula is C5H10N4O2S. The molecule has 0 saturated heterocycles. The van der Waals surface area contributed by atoms with Crippen molar-refractivity contribution in [2.75, 3.05) is 4.72 Å². The van der Waals surface area contributed by atoms with Crippen LogP contribution in [0.1, 0.15) is 12.5 Å². The van der Waals surface area contributed by atoms with Gasteiger partial charge in [0.05, 0.1) is 6.20 Å². The second kappa shape index (κ2) is 3.11. The molecule has 0 fully saturated rings. The maximum absolute atomic E-state index is 10.6. The predicted molar refractivity (Wildman–Crippen MR) is 44.7 cm³/mol. The molecule has 12 heavy (non-hydrogen) atoms. The molecule has 1 heterocycles. The fourth-order valence-electron chi connectivity index (χ4n) is 0.810. The SMILES string of the molecule is CCc1cn[nH]c1NS(N)(=O)=O. The molecule has 4 N–H and O–H groups in total. The first-order chi connectivity index (χ1) is 5.53. The van der Waals surface area contributed by atoms with Gasteiger partial charge < -0.3 is 0 Å². The van der Waals surface area contributed by atoms with Crippen LogP contribution in [-0.2, 0) is 16.6 Å². The lowest BCUT2D eigenvalue weighted by molar-refractivity contribution is 0.602. The summed E-state index contributed by atoms with van der Waals surface area (Å²) in [6, 6.07) is 0. The number of aromatic nitrogens is 2. The molecule has 0 saturated carbocycles. The van der Waals surface area contributed by atoms with Crippen molar-refractivity contribution in [1.82, 2.24) is 10.2 Å². The van der Waals surface area contributed by atoms with Crippen LogP contribution in [0, 0.1) is 0 Å². The molecule has 0 radical (unpaired) electrons. The largest absolute Gasteiger partial charge is 0.297 e. The number of aromatic amines is 1. The van der Waals surface area contributed by atoms with E-state index in [1.54, 1.807) is 6.20 Å². The van der Waals surface area contributed by atoms with Crippen LogP contribution in [0.4, 0.5) is 5.82 Å². The van der Waals surface area contributed by atoms with Crippen LogP contribution in [0.25, 0.3) is 0 Å². The Morgan fingerprint density at radius 1 is 1.75 bits per heavy atom. The van der Waals surface area contributed by atoms with Gasteiger partial charge in [0.25, 0.3) is 10.2 Å². The van der Waals surface area contributed by atoms with Gasteiger partial charge in [-0.25, -0.2) is 5.14 Å². The average Bonchev–Trinajstić information content (AvgIpc) is 2.31. The van der Waals surface area contributed by atoms with Crippen molar-refractivity contribution in [2.45, 2.75) is 13.3 Å².